The Labute approximate surface area is 212 Å². The molecule has 1 aliphatic heterocycles. The normalized spacial score (nSPS) is 14.7. The molecule has 1 aliphatic rings. The molecule has 0 saturated heterocycles. The zero-order valence-electron chi connectivity index (χ0n) is 22.1. The average molecular weight is 497 g/mol. The molecule has 0 unspecified atom stereocenters. The molecule has 188 valence electrons. The van der Waals surface area contributed by atoms with Crippen LogP contribution in [0.3, 0.4) is 0 Å². The highest BCUT2D eigenvalue weighted by atomic mass is 32.2. The molecule has 1 atom stereocenters. The minimum absolute atomic E-state index is 0.0186. The van der Waals surface area contributed by atoms with Crippen LogP contribution in [0.25, 0.3) is 22.3 Å². The molecule has 3 aromatic rings. The predicted octanol–water partition coefficient (Wildman–Crippen LogP) is 6.81. The maximum Gasteiger partial charge on any atom is 0.307 e. The number of aliphatic carboxylic acids is 1. The van der Waals surface area contributed by atoms with Gasteiger partial charge in [-0.05, 0) is 83.2 Å². The second-order valence-electron chi connectivity index (χ2n) is 10.1. The highest BCUT2D eigenvalue weighted by Crippen LogP contribution is 2.54. The lowest BCUT2D eigenvalue weighted by atomic mass is 9.80. The van der Waals surface area contributed by atoms with Gasteiger partial charge in [0.15, 0.2) is 0 Å². The molecule has 6 nitrogen and oxygen atoms in total. The van der Waals surface area contributed by atoms with Crippen LogP contribution in [0.2, 0.25) is 0 Å². The number of aliphatic hydroxyl groups is 1. The Balaban J connectivity index is 0.000000623. The number of fused-ring (bicyclic) bond motifs is 3. The number of aromatic nitrogens is 1. The number of benzene rings is 2. The van der Waals surface area contributed by atoms with Crippen molar-refractivity contribution in [1.29, 1.82) is 0 Å². The van der Waals surface area contributed by atoms with Gasteiger partial charge in [0.1, 0.15) is 11.5 Å². The molecule has 2 aromatic carbocycles. The predicted molar refractivity (Wildman–Crippen MR) is 144 cm³/mol. The molecular weight excluding hydrogens is 460 g/mol. The standard InChI is InChI=1S/C24H26N2O3S.C4H10O/c1-12-7-9-17(10-8-12)20-14(3)21-22-16(5)29-25-23(22)15(4)26(30-6)24(21)13(2)18(20)11-19(27)28;1-4(2,3)5/h7-10,15H,11H2,1-6H3,(H,27,28);5H,1-3H3/t15-;/m0./s1. The van der Waals surface area contributed by atoms with Crippen molar-refractivity contribution in [3.8, 4) is 22.3 Å². The Hall–Kier alpha value is -2.77. The van der Waals surface area contributed by atoms with Crippen molar-refractivity contribution >= 4 is 23.6 Å². The molecule has 0 radical (unpaired) electrons. The molecule has 2 heterocycles. The molecular formula is C28H36N2O4S. The van der Waals surface area contributed by atoms with E-state index in [0.29, 0.717) is 0 Å². The van der Waals surface area contributed by atoms with E-state index in [4.69, 9.17) is 9.63 Å². The molecule has 4 rings (SSSR count). The molecule has 0 fully saturated rings. The fourth-order valence-corrected chi connectivity index (χ4v) is 5.47. The Kier molecular flexibility index (Phi) is 7.72. The van der Waals surface area contributed by atoms with Gasteiger partial charge in [0.2, 0.25) is 0 Å². The second kappa shape index (κ2) is 10.1. The lowest BCUT2D eigenvalue weighted by Crippen LogP contribution is -2.26. The summed E-state index contributed by atoms with van der Waals surface area (Å²) in [4.78, 5) is 11.8. The highest BCUT2D eigenvalue weighted by molar-refractivity contribution is 8.00. The van der Waals surface area contributed by atoms with Crippen molar-refractivity contribution in [3.63, 3.8) is 0 Å². The van der Waals surface area contributed by atoms with E-state index in [0.717, 1.165) is 56.1 Å². The van der Waals surface area contributed by atoms with Gasteiger partial charge >= 0.3 is 5.97 Å². The van der Waals surface area contributed by atoms with Gasteiger partial charge in [0, 0.05) is 11.8 Å². The maximum atomic E-state index is 11.8. The number of rotatable bonds is 4. The van der Waals surface area contributed by atoms with E-state index < -0.39 is 11.6 Å². The van der Waals surface area contributed by atoms with E-state index in [1.54, 1.807) is 32.7 Å². The quantitative estimate of drug-likeness (QED) is 0.384. The molecule has 0 saturated carbocycles. The first kappa shape index (κ1) is 26.8. The topological polar surface area (TPSA) is 86.8 Å². The second-order valence-corrected chi connectivity index (χ2v) is 10.9. The third-order valence-electron chi connectivity index (χ3n) is 6.07. The maximum absolute atomic E-state index is 11.8. The van der Waals surface area contributed by atoms with Crippen molar-refractivity contribution in [2.75, 3.05) is 10.6 Å². The third kappa shape index (κ3) is 5.41. The smallest absolute Gasteiger partial charge is 0.307 e. The molecule has 2 N–H and O–H groups in total. The van der Waals surface area contributed by atoms with Gasteiger partial charge in [-0.2, -0.15) is 0 Å². The number of carboxylic acids is 1. The summed E-state index contributed by atoms with van der Waals surface area (Å²) in [6.07, 6.45) is 2.02. The van der Waals surface area contributed by atoms with Crippen LogP contribution in [0.5, 0.6) is 0 Å². The molecule has 0 bridgehead atoms. The number of anilines is 1. The number of hydrogen-bond acceptors (Lipinski definition) is 6. The minimum Gasteiger partial charge on any atom is -0.481 e. The fraction of sp³-hybridized carbons (Fsp3) is 0.429. The van der Waals surface area contributed by atoms with Crippen LogP contribution in [-0.4, -0.2) is 33.2 Å². The zero-order valence-corrected chi connectivity index (χ0v) is 22.9. The van der Waals surface area contributed by atoms with Gasteiger partial charge in [-0.25, -0.2) is 0 Å². The van der Waals surface area contributed by atoms with Crippen molar-refractivity contribution < 1.29 is 19.5 Å². The van der Waals surface area contributed by atoms with E-state index in [1.807, 2.05) is 20.1 Å². The summed E-state index contributed by atoms with van der Waals surface area (Å²) in [6, 6.07) is 8.32. The first-order valence-corrected chi connectivity index (χ1v) is 12.9. The van der Waals surface area contributed by atoms with Gasteiger partial charge in [-0.3, -0.25) is 4.79 Å². The average Bonchev–Trinajstić information content (AvgIpc) is 3.13. The van der Waals surface area contributed by atoms with Crippen LogP contribution in [0.4, 0.5) is 5.69 Å². The first-order valence-electron chi connectivity index (χ1n) is 11.7. The number of carbonyl (C=O) groups is 1. The van der Waals surface area contributed by atoms with Gasteiger partial charge in [0.05, 0.1) is 29.3 Å². The van der Waals surface area contributed by atoms with Crippen LogP contribution in [0, 0.1) is 27.7 Å². The SMILES string of the molecule is CC(C)(C)O.CSN1c2c(C)c(CC(=O)O)c(-c3ccc(C)cc3)c(C)c2-c2c(noc2C)[C@@H]1C. The van der Waals surface area contributed by atoms with E-state index in [-0.39, 0.29) is 12.5 Å². The monoisotopic (exact) mass is 496 g/mol. The molecule has 0 aliphatic carbocycles. The molecule has 0 spiro atoms. The lowest BCUT2D eigenvalue weighted by molar-refractivity contribution is -0.136. The Morgan fingerprint density at radius 2 is 1.63 bits per heavy atom. The van der Waals surface area contributed by atoms with Gasteiger partial charge in [-0.1, -0.05) is 46.9 Å². The molecule has 0 amide bonds. The Morgan fingerprint density at radius 3 is 2.14 bits per heavy atom. The van der Waals surface area contributed by atoms with Crippen molar-refractivity contribution in [2.24, 2.45) is 0 Å². The molecule has 1 aromatic heterocycles. The summed E-state index contributed by atoms with van der Waals surface area (Å²) < 4.78 is 7.84. The number of nitrogens with zero attached hydrogens (tertiary/aromatic N) is 2. The summed E-state index contributed by atoms with van der Waals surface area (Å²) in [5, 5.41) is 22.6. The lowest BCUT2D eigenvalue weighted by Gasteiger charge is -2.37. The first-order chi connectivity index (χ1) is 16.3. The van der Waals surface area contributed by atoms with Gasteiger partial charge in [-0.15, -0.1) is 0 Å². The van der Waals surface area contributed by atoms with E-state index in [2.05, 4.69) is 54.5 Å². The highest BCUT2D eigenvalue weighted by Gasteiger charge is 2.37. The summed E-state index contributed by atoms with van der Waals surface area (Å²) in [5.74, 6) is -0.0330. The van der Waals surface area contributed by atoms with E-state index >= 15 is 0 Å². The van der Waals surface area contributed by atoms with Crippen LogP contribution in [0.15, 0.2) is 28.8 Å². The van der Waals surface area contributed by atoms with Crippen LogP contribution in [-0.2, 0) is 11.2 Å². The van der Waals surface area contributed by atoms with Gasteiger partial charge in [0.25, 0.3) is 0 Å². The minimum atomic E-state index is -0.827. The summed E-state index contributed by atoms with van der Waals surface area (Å²) >= 11 is 1.63. The van der Waals surface area contributed by atoms with Crippen molar-refractivity contribution in [2.45, 2.75) is 73.5 Å². The number of carboxylic acid groups (broad SMARTS) is 1. The molecule has 7 heteroatoms. The van der Waals surface area contributed by atoms with Crippen molar-refractivity contribution in [3.05, 3.63) is 58.0 Å². The number of aryl methyl sites for hydroxylation is 2. The van der Waals surface area contributed by atoms with Crippen molar-refractivity contribution in [1.82, 2.24) is 5.16 Å². The van der Waals surface area contributed by atoms with Crippen LogP contribution >= 0.6 is 11.9 Å². The van der Waals surface area contributed by atoms with Crippen LogP contribution in [0.1, 0.15) is 67.4 Å². The van der Waals surface area contributed by atoms with E-state index in [1.165, 1.54) is 5.56 Å². The van der Waals surface area contributed by atoms with Gasteiger partial charge < -0.3 is 19.0 Å². The summed E-state index contributed by atoms with van der Waals surface area (Å²) in [6.45, 7) is 15.5. The third-order valence-corrected chi connectivity index (χ3v) is 6.96. The largest absolute Gasteiger partial charge is 0.481 e. The number of hydrogen-bond donors (Lipinski definition) is 2. The van der Waals surface area contributed by atoms with E-state index in [9.17, 15) is 9.90 Å². The zero-order chi connectivity index (χ0) is 26.2. The fourth-order valence-electron chi connectivity index (χ4n) is 4.64. The summed E-state index contributed by atoms with van der Waals surface area (Å²) in [7, 11) is 0. The molecule has 35 heavy (non-hydrogen) atoms. The Bertz CT molecular complexity index is 1230. The Morgan fingerprint density at radius 1 is 1.06 bits per heavy atom. The summed E-state index contributed by atoms with van der Waals surface area (Å²) in [5.41, 5.74) is 9.77. The van der Waals surface area contributed by atoms with Crippen LogP contribution < -0.4 is 4.31 Å².